The van der Waals surface area contributed by atoms with Gasteiger partial charge >= 0.3 is 0 Å². The van der Waals surface area contributed by atoms with Crippen molar-refractivity contribution in [1.82, 2.24) is 14.8 Å². The Labute approximate surface area is 133 Å². The molecule has 1 N–H and O–H groups in total. The molecule has 21 heavy (non-hydrogen) atoms. The lowest BCUT2D eigenvalue weighted by molar-refractivity contribution is 0.189. The Balaban J connectivity index is 2.13. The first kappa shape index (κ1) is 16.0. The van der Waals surface area contributed by atoms with Crippen LogP contribution in [0, 0.1) is 5.92 Å². The SMILES string of the molecule is CC(C)Cn1ncnc1COc1cc(Br)ccc1[C@H](C)O. The van der Waals surface area contributed by atoms with Gasteiger partial charge in [-0.2, -0.15) is 5.10 Å². The minimum atomic E-state index is -0.582. The Bertz CT molecular complexity index is 596. The second-order valence-corrected chi connectivity index (χ2v) is 6.31. The number of rotatable bonds is 6. The maximum Gasteiger partial charge on any atom is 0.164 e. The quantitative estimate of drug-likeness (QED) is 0.865. The average molecular weight is 354 g/mol. The number of hydrogen-bond donors (Lipinski definition) is 1. The first-order chi connectivity index (χ1) is 9.97. The van der Waals surface area contributed by atoms with Crippen LogP contribution in [-0.2, 0) is 13.2 Å². The molecule has 0 aliphatic rings. The van der Waals surface area contributed by atoms with E-state index in [9.17, 15) is 5.11 Å². The predicted molar refractivity (Wildman–Crippen MR) is 84.0 cm³/mol. The Kier molecular flexibility index (Phi) is 5.36. The highest BCUT2D eigenvalue weighted by Crippen LogP contribution is 2.29. The van der Waals surface area contributed by atoms with Crippen LogP contribution in [0.4, 0.5) is 0 Å². The highest BCUT2D eigenvalue weighted by molar-refractivity contribution is 9.10. The van der Waals surface area contributed by atoms with Gasteiger partial charge in [0.05, 0.1) is 6.10 Å². The third-order valence-electron chi connectivity index (χ3n) is 3.02. The maximum absolute atomic E-state index is 9.80. The molecule has 0 unspecified atom stereocenters. The summed E-state index contributed by atoms with van der Waals surface area (Å²) in [6.45, 7) is 7.11. The maximum atomic E-state index is 9.80. The summed E-state index contributed by atoms with van der Waals surface area (Å²) in [6.07, 6.45) is 0.957. The van der Waals surface area contributed by atoms with Gasteiger partial charge in [-0.3, -0.25) is 0 Å². The lowest BCUT2D eigenvalue weighted by Gasteiger charge is -2.14. The largest absolute Gasteiger partial charge is 0.485 e. The zero-order valence-electron chi connectivity index (χ0n) is 12.5. The number of aliphatic hydroxyl groups is 1. The summed E-state index contributed by atoms with van der Waals surface area (Å²) in [6, 6.07) is 5.59. The molecular formula is C15H20BrN3O2. The molecule has 0 spiro atoms. The summed E-state index contributed by atoms with van der Waals surface area (Å²) in [7, 11) is 0. The molecule has 6 heteroatoms. The van der Waals surface area contributed by atoms with Crippen LogP contribution in [0.15, 0.2) is 29.0 Å². The molecular weight excluding hydrogens is 334 g/mol. The monoisotopic (exact) mass is 353 g/mol. The van der Waals surface area contributed by atoms with E-state index in [0.717, 1.165) is 22.4 Å². The summed E-state index contributed by atoms with van der Waals surface area (Å²) in [5.41, 5.74) is 0.758. The van der Waals surface area contributed by atoms with Gasteiger partial charge in [-0.25, -0.2) is 9.67 Å². The predicted octanol–water partition coefficient (Wildman–Crippen LogP) is 3.33. The van der Waals surface area contributed by atoms with Crippen LogP contribution in [0.5, 0.6) is 5.75 Å². The van der Waals surface area contributed by atoms with E-state index in [1.807, 2.05) is 22.9 Å². The molecule has 1 heterocycles. The lowest BCUT2D eigenvalue weighted by Crippen LogP contribution is -2.12. The Morgan fingerprint density at radius 3 is 2.76 bits per heavy atom. The van der Waals surface area contributed by atoms with Crippen molar-refractivity contribution in [3.8, 4) is 5.75 Å². The van der Waals surface area contributed by atoms with Gasteiger partial charge in [0.25, 0.3) is 0 Å². The summed E-state index contributed by atoms with van der Waals surface area (Å²) in [4.78, 5) is 4.23. The van der Waals surface area contributed by atoms with Crippen molar-refractivity contribution in [2.24, 2.45) is 5.92 Å². The number of ether oxygens (including phenoxy) is 1. The van der Waals surface area contributed by atoms with Crippen molar-refractivity contribution in [3.63, 3.8) is 0 Å². The van der Waals surface area contributed by atoms with Gasteiger partial charge in [0.15, 0.2) is 5.82 Å². The topological polar surface area (TPSA) is 60.2 Å². The van der Waals surface area contributed by atoms with E-state index in [-0.39, 0.29) is 0 Å². The second-order valence-electron chi connectivity index (χ2n) is 5.40. The molecule has 0 radical (unpaired) electrons. The Hall–Kier alpha value is -1.40. The number of hydrogen-bond acceptors (Lipinski definition) is 4. The molecule has 0 bridgehead atoms. The van der Waals surface area contributed by atoms with Crippen molar-refractivity contribution in [2.45, 2.75) is 40.0 Å². The first-order valence-corrected chi connectivity index (χ1v) is 7.73. The Morgan fingerprint density at radius 2 is 2.10 bits per heavy atom. The zero-order valence-corrected chi connectivity index (χ0v) is 14.0. The highest BCUT2D eigenvalue weighted by atomic mass is 79.9. The summed E-state index contributed by atoms with van der Waals surface area (Å²) < 4.78 is 8.59. The molecule has 2 rings (SSSR count). The van der Waals surface area contributed by atoms with Gasteiger partial charge in [0.2, 0.25) is 0 Å². The van der Waals surface area contributed by atoms with Crippen molar-refractivity contribution in [2.75, 3.05) is 0 Å². The lowest BCUT2D eigenvalue weighted by atomic mass is 10.1. The van der Waals surface area contributed by atoms with Crippen molar-refractivity contribution in [3.05, 3.63) is 40.4 Å². The molecule has 0 saturated carbocycles. The smallest absolute Gasteiger partial charge is 0.164 e. The summed E-state index contributed by atoms with van der Waals surface area (Å²) in [5.74, 6) is 1.92. The van der Waals surface area contributed by atoms with Crippen LogP contribution in [0.3, 0.4) is 0 Å². The van der Waals surface area contributed by atoms with Crippen molar-refractivity contribution >= 4 is 15.9 Å². The van der Waals surface area contributed by atoms with Gasteiger partial charge in [0.1, 0.15) is 18.7 Å². The van der Waals surface area contributed by atoms with E-state index in [2.05, 4.69) is 39.9 Å². The highest BCUT2D eigenvalue weighted by Gasteiger charge is 2.12. The molecule has 114 valence electrons. The van der Waals surface area contributed by atoms with Gasteiger partial charge in [-0.1, -0.05) is 35.8 Å². The van der Waals surface area contributed by atoms with E-state index in [4.69, 9.17) is 4.74 Å². The molecule has 5 nitrogen and oxygen atoms in total. The minimum absolute atomic E-state index is 0.322. The fraction of sp³-hybridized carbons (Fsp3) is 0.467. The fourth-order valence-corrected chi connectivity index (χ4v) is 2.36. The molecule has 0 aliphatic heterocycles. The minimum Gasteiger partial charge on any atom is -0.485 e. The van der Waals surface area contributed by atoms with Gasteiger partial charge < -0.3 is 9.84 Å². The van der Waals surface area contributed by atoms with Crippen LogP contribution in [-0.4, -0.2) is 19.9 Å². The van der Waals surface area contributed by atoms with E-state index in [1.165, 1.54) is 6.33 Å². The standard InChI is InChI=1S/C15H20BrN3O2/c1-10(2)7-19-15(17-9-18-19)8-21-14-6-12(16)4-5-13(14)11(3)20/h4-6,9-11,20H,7-8H2,1-3H3/t11-/m0/s1. The molecule has 2 aromatic rings. The molecule has 1 atom stereocenters. The number of halogens is 1. The summed E-state index contributed by atoms with van der Waals surface area (Å²) >= 11 is 3.42. The molecule has 0 amide bonds. The first-order valence-electron chi connectivity index (χ1n) is 6.94. The zero-order chi connectivity index (χ0) is 15.4. The third-order valence-corrected chi connectivity index (χ3v) is 3.51. The molecule has 1 aromatic heterocycles. The average Bonchev–Trinajstić information content (AvgIpc) is 2.82. The van der Waals surface area contributed by atoms with Crippen LogP contribution >= 0.6 is 15.9 Å². The van der Waals surface area contributed by atoms with E-state index >= 15 is 0 Å². The number of aliphatic hydroxyl groups excluding tert-OH is 1. The molecule has 0 saturated heterocycles. The number of benzene rings is 1. The van der Waals surface area contributed by atoms with E-state index in [0.29, 0.717) is 18.3 Å². The van der Waals surface area contributed by atoms with Crippen molar-refractivity contribution < 1.29 is 9.84 Å². The van der Waals surface area contributed by atoms with Crippen LogP contribution < -0.4 is 4.74 Å². The molecule has 0 aliphatic carbocycles. The second kappa shape index (κ2) is 7.04. The van der Waals surface area contributed by atoms with E-state index < -0.39 is 6.10 Å². The summed E-state index contributed by atoms with van der Waals surface area (Å²) in [5, 5.41) is 14.0. The fourth-order valence-electron chi connectivity index (χ4n) is 2.02. The molecule has 0 fully saturated rings. The van der Waals surface area contributed by atoms with Gasteiger partial charge in [-0.05, 0) is 25.0 Å². The van der Waals surface area contributed by atoms with Crippen LogP contribution in [0.1, 0.15) is 38.3 Å². The van der Waals surface area contributed by atoms with Gasteiger partial charge in [-0.15, -0.1) is 0 Å². The van der Waals surface area contributed by atoms with Crippen LogP contribution in [0.2, 0.25) is 0 Å². The van der Waals surface area contributed by atoms with Crippen molar-refractivity contribution in [1.29, 1.82) is 0 Å². The van der Waals surface area contributed by atoms with Crippen LogP contribution in [0.25, 0.3) is 0 Å². The number of aromatic nitrogens is 3. The normalized spacial score (nSPS) is 12.7. The third kappa shape index (κ3) is 4.28. The van der Waals surface area contributed by atoms with Gasteiger partial charge in [0, 0.05) is 16.6 Å². The number of nitrogens with zero attached hydrogens (tertiary/aromatic N) is 3. The Morgan fingerprint density at radius 1 is 1.33 bits per heavy atom. The molecule has 1 aromatic carbocycles. The van der Waals surface area contributed by atoms with E-state index in [1.54, 1.807) is 6.92 Å².